The van der Waals surface area contributed by atoms with E-state index in [0.29, 0.717) is 11.1 Å². The summed E-state index contributed by atoms with van der Waals surface area (Å²) in [7, 11) is 4.12. The van der Waals surface area contributed by atoms with E-state index >= 15 is 0 Å². The Morgan fingerprint density at radius 2 is 2.00 bits per heavy atom. The van der Waals surface area contributed by atoms with Gasteiger partial charge in [-0.25, -0.2) is 9.37 Å². The van der Waals surface area contributed by atoms with Gasteiger partial charge in [-0.3, -0.25) is 0 Å². The van der Waals surface area contributed by atoms with E-state index in [4.69, 9.17) is 11.6 Å². The molecule has 0 N–H and O–H groups in total. The predicted molar refractivity (Wildman–Crippen MR) is 86.6 cm³/mol. The number of aromatic nitrogens is 2. The number of benzene rings is 1. The summed E-state index contributed by atoms with van der Waals surface area (Å²) in [5.74, 6) is 0.588. The molecule has 0 amide bonds. The summed E-state index contributed by atoms with van der Waals surface area (Å²) in [6.07, 6.45) is 0.992. The number of hydrogen-bond acceptors (Lipinski definition) is 2. The summed E-state index contributed by atoms with van der Waals surface area (Å²) in [5, 5.41) is -0.206. The standard InChI is InChI=1S/C16H23ClFN3/c1-10-8-15-14(9-13(10)18)19-16(12(3)17)21(15)11(2)6-7-20(4)5/h8-9,11-12H,6-7H2,1-5H3. The molecule has 0 fully saturated rings. The van der Waals surface area contributed by atoms with Gasteiger partial charge in [0.05, 0.1) is 16.4 Å². The average Bonchev–Trinajstić information content (AvgIpc) is 2.75. The SMILES string of the molecule is Cc1cc2c(cc1F)nc(C(C)Cl)n2C(C)CCN(C)C. The summed E-state index contributed by atoms with van der Waals surface area (Å²) in [4.78, 5) is 6.70. The fourth-order valence-corrected chi connectivity index (χ4v) is 2.71. The molecule has 2 aromatic rings. The highest BCUT2D eigenvalue weighted by atomic mass is 35.5. The summed E-state index contributed by atoms with van der Waals surface area (Å²) >= 11 is 6.28. The molecule has 5 heteroatoms. The van der Waals surface area contributed by atoms with Crippen LogP contribution in [0.3, 0.4) is 0 Å². The largest absolute Gasteiger partial charge is 0.324 e. The summed E-state index contributed by atoms with van der Waals surface area (Å²) in [6, 6.07) is 3.63. The first kappa shape index (κ1) is 16.2. The van der Waals surface area contributed by atoms with Crippen molar-refractivity contribution in [2.24, 2.45) is 0 Å². The quantitative estimate of drug-likeness (QED) is 0.768. The zero-order valence-corrected chi connectivity index (χ0v) is 14.1. The Balaban J connectivity index is 2.52. The minimum absolute atomic E-state index is 0.206. The Hall–Kier alpha value is -1.13. The van der Waals surface area contributed by atoms with E-state index in [-0.39, 0.29) is 17.2 Å². The number of imidazole rings is 1. The van der Waals surface area contributed by atoms with Crippen molar-refractivity contribution in [3.63, 3.8) is 0 Å². The number of rotatable bonds is 5. The molecule has 21 heavy (non-hydrogen) atoms. The summed E-state index contributed by atoms with van der Waals surface area (Å²) < 4.78 is 15.9. The first-order chi connectivity index (χ1) is 9.81. The summed E-state index contributed by atoms with van der Waals surface area (Å²) in [6.45, 7) is 6.82. The molecule has 2 unspecified atom stereocenters. The van der Waals surface area contributed by atoms with Crippen LogP contribution in [0.25, 0.3) is 11.0 Å². The zero-order valence-electron chi connectivity index (χ0n) is 13.3. The van der Waals surface area contributed by atoms with Crippen molar-refractivity contribution in [1.29, 1.82) is 0 Å². The minimum atomic E-state index is -0.220. The van der Waals surface area contributed by atoms with Gasteiger partial charge in [0.15, 0.2) is 0 Å². The number of alkyl halides is 1. The molecule has 2 atom stereocenters. The first-order valence-corrected chi connectivity index (χ1v) is 7.71. The molecule has 116 valence electrons. The third-order valence-corrected chi connectivity index (χ3v) is 3.98. The molecule has 1 aromatic heterocycles. The first-order valence-electron chi connectivity index (χ1n) is 7.28. The molecule has 0 bridgehead atoms. The number of halogens is 2. The van der Waals surface area contributed by atoms with Crippen molar-refractivity contribution in [2.45, 2.75) is 38.6 Å². The second-order valence-corrected chi connectivity index (χ2v) is 6.64. The fourth-order valence-electron chi connectivity index (χ4n) is 2.56. The third kappa shape index (κ3) is 3.38. The smallest absolute Gasteiger partial charge is 0.128 e. The number of nitrogens with zero attached hydrogens (tertiary/aromatic N) is 3. The van der Waals surface area contributed by atoms with Crippen LogP contribution in [0.2, 0.25) is 0 Å². The zero-order chi connectivity index (χ0) is 15.7. The second-order valence-electron chi connectivity index (χ2n) is 5.99. The Morgan fingerprint density at radius 3 is 2.57 bits per heavy atom. The Kier molecular flexibility index (Phi) is 4.89. The summed E-state index contributed by atoms with van der Waals surface area (Å²) in [5.41, 5.74) is 2.28. The van der Waals surface area contributed by atoms with Crippen LogP contribution in [0.15, 0.2) is 12.1 Å². The highest BCUT2D eigenvalue weighted by molar-refractivity contribution is 6.20. The van der Waals surface area contributed by atoms with E-state index in [9.17, 15) is 4.39 Å². The van der Waals surface area contributed by atoms with Crippen molar-refractivity contribution >= 4 is 22.6 Å². The van der Waals surface area contributed by atoms with E-state index in [1.165, 1.54) is 6.07 Å². The third-order valence-electron chi connectivity index (χ3n) is 3.79. The number of fused-ring (bicyclic) bond motifs is 1. The maximum absolute atomic E-state index is 13.8. The van der Waals surface area contributed by atoms with Gasteiger partial charge >= 0.3 is 0 Å². The Morgan fingerprint density at radius 1 is 1.33 bits per heavy atom. The molecule has 2 rings (SSSR count). The van der Waals surface area contributed by atoms with Crippen molar-refractivity contribution in [3.8, 4) is 0 Å². The van der Waals surface area contributed by atoms with Crippen LogP contribution in [-0.2, 0) is 0 Å². The van der Waals surface area contributed by atoms with Gasteiger partial charge in [-0.15, -0.1) is 11.6 Å². The highest BCUT2D eigenvalue weighted by Crippen LogP contribution is 2.30. The lowest BCUT2D eigenvalue weighted by Crippen LogP contribution is -2.18. The van der Waals surface area contributed by atoms with Crippen molar-refractivity contribution < 1.29 is 4.39 Å². The molecular weight excluding hydrogens is 289 g/mol. The topological polar surface area (TPSA) is 21.1 Å². The molecule has 0 aliphatic heterocycles. The average molecular weight is 312 g/mol. The lowest BCUT2D eigenvalue weighted by molar-refractivity contribution is 0.357. The van der Waals surface area contributed by atoms with Gasteiger partial charge in [0.25, 0.3) is 0 Å². The lowest BCUT2D eigenvalue weighted by Gasteiger charge is -2.20. The van der Waals surface area contributed by atoms with Crippen molar-refractivity contribution in [1.82, 2.24) is 14.5 Å². The lowest BCUT2D eigenvalue weighted by atomic mass is 10.1. The fraction of sp³-hybridized carbons (Fsp3) is 0.562. The predicted octanol–water partition coefficient (Wildman–Crippen LogP) is 4.30. The van der Waals surface area contributed by atoms with Gasteiger partial charge in [-0.2, -0.15) is 0 Å². The van der Waals surface area contributed by atoms with Gasteiger partial charge in [-0.05, 0) is 59.5 Å². The van der Waals surface area contributed by atoms with Crippen LogP contribution in [0.1, 0.15) is 43.1 Å². The van der Waals surface area contributed by atoms with E-state index < -0.39 is 0 Å². The maximum atomic E-state index is 13.8. The van der Waals surface area contributed by atoms with Crippen LogP contribution < -0.4 is 0 Å². The monoisotopic (exact) mass is 311 g/mol. The van der Waals surface area contributed by atoms with Crippen molar-refractivity contribution in [3.05, 3.63) is 29.3 Å². The maximum Gasteiger partial charge on any atom is 0.128 e. The van der Waals surface area contributed by atoms with Gasteiger partial charge in [0.1, 0.15) is 11.6 Å². The highest BCUT2D eigenvalue weighted by Gasteiger charge is 2.20. The molecule has 1 aromatic carbocycles. The van der Waals surface area contributed by atoms with Crippen LogP contribution in [0, 0.1) is 12.7 Å². The molecule has 0 saturated carbocycles. The molecule has 3 nitrogen and oxygen atoms in total. The molecular formula is C16H23ClFN3. The van der Waals surface area contributed by atoms with Gasteiger partial charge < -0.3 is 9.47 Å². The minimum Gasteiger partial charge on any atom is -0.324 e. The molecule has 0 spiro atoms. The van der Waals surface area contributed by atoms with Crippen LogP contribution >= 0.6 is 11.6 Å². The van der Waals surface area contributed by atoms with Gasteiger partial charge in [0, 0.05) is 12.1 Å². The number of aryl methyl sites for hydroxylation is 1. The Bertz CT molecular complexity index is 634. The van der Waals surface area contributed by atoms with Crippen LogP contribution in [0.5, 0.6) is 0 Å². The van der Waals surface area contributed by atoms with E-state index in [1.807, 2.05) is 13.0 Å². The van der Waals surface area contributed by atoms with Crippen molar-refractivity contribution in [2.75, 3.05) is 20.6 Å². The normalized spacial score (nSPS) is 14.9. The van der Waals surface area contributed by atoms with Crippen LogP contribution in [-0.4, -0.2) is 35.1 Å². The van der Waals surface area contributed by atoms with Crippen LogP contribution in [0.4, 0.5) is 4.39 Å². The van der Waals surface area contributed by atoms with Gasteiger partial charge in [0.2, 0.25) is 0 Å². The van der Waals surface area contributed by atoms with E-state index in [2.05, 4.69) is 35.5 Å². The van der Waals surface area contributed by atoms with Gasteiger partial charge in [-0.1, -0.05) is 0 Å². The molecule has 0 aliphatic rings. The number of hydrogen-bond donors (Lipinski definition) is 0. The molecule has 0 saturated heterocycles. The molecule has 0 aliphatic carbocycles. The van der Waals surface area contributed by atoms with E-state index in [1.54, 1.807) is 6.92 Å². The Labute approximate surface area is 130 Å². The second kappa shape index (κ2) is 6.32. The van der Waals surface area contributed by atoms with E-state index in [0.717, 1.165) is 24.3 Å². The molecule has 1 heterocycles. The molecule has 0 radical (unpaired) electrons.